The van der Waals surface area contributed by atoms with Crippen LogP contribution in [0.4, 0.5) is 11.4 Å². The van der Waals surface area contributed by atoms with Gasteiger partial charge in [0.25, 0.3) is 5.69 Å². The van der Waals surface area contributed by atoms with Gasteiger partial charge in [-0.1, -0.05) is 12.5 Å². The third-order valence-electron chi connectivity index (χ3n) is 4.61. The van der Waals surface area contributed by atoms with Crippen molar-refractivity contribution in [3.63, 3.8) is 0 Å². The Bertz CT molecular complexity index is 589. The Morgan fingerprint density at radius 2 is 2.25 bits per heavy atom. The van der Waals surface area contributed by atoms with Gasteiger partial charge in [-0.15, -0.1) is 0 Å². The van der Waals surface area contributed by atoms with Crippen LogP contribution in [0, 0.1) is 17.0 Å². The summed E-state index contributed by atoms with van der Waals surface area (Å²) in [5.41, 5.74) is 0.957. The third-order valence-corrected chi connectivity index (χ3v) is 4.61. The molecule has 1 unspecified atom stereocenters. The number of anilines is 1. The molecule has 132 valence electrons. The molecule has 1 saturated heterocycles. The van der Waals surface area contributed by atoms with E-state index >= 15 is 0 Å². The Morgan fingerprint density at radius 3 is 2.96 bits per heavy atom. The van der Waals surface area contributed by atoms with Gasteiger partial charge in [0.2, 0.25) is 5.91 Å². The summed E-state index contributed by atoms with van der Waals surface area (Å²) in [4.78, 5) is 25.0. The first kappa shape index (κ1) is 18.4. The van der Waals surface area contributed by atoms with E-state index in [1.54, 1.807) is 19.1 Å². The van der Waals surface area contributed by atoms with Crippen LogP contribution in [-0.4, -0.2) is 46.6 Å². The highest BCUT2D eigenvalue weighted by Crippen LogP contribution is 2.25. The molecule has 0 bridgehead atoms. The zero-order valence-corrected chi connectivity index (χ0v) is 14.0. The van der Waals surface area contributed by atoms with Crippen LogP contribution < -0.4 is 5.32 Å². The topological polar surface area (TPSA) is 95.7 Å². The zero-order chi connectivity index (χ0) is 17.5. The summed E-state index contributed by atoms with van der Waals surface area (Å²) < 4.78 is 0. The average Bonchev–Trinajstić information content (AvgIpc) is 2.56. The van der Waals surface area contributed by atoms with Crippen molar-refractivity contribution in [2.75, 3.05) is 25.0 Å². The van der Waals surface area contributed by atoms with Crippen LogP contribution in [0.25, 0.3) is 0 Å². The molecular formula is C17H25N3O4. The van der Waals surface area contributed by atoms with E-state index in [0.717, 1.165) is 25.8 Å². The number of aliphatic hydroxyl groups is 1. The average molecular weight is 335 g/mol. The maximum atomic E-state index is 12.2. The van der Waals surface area contributed by atoms with E-state index in [1.807, 2.05) is 0 Å². The number of piperidine rings is 1. The number of nitro benzene ring substituents is 1. The molecule has 1 aromatic rings. The summed E-state index contributed by atoms with van der Waals surface area (Å²) in [5.74, 6) is -0.146. The number of amides is 1. The molecule has 2 rings (SSSR count). The lowest BCUT2D eigenvalue weighted by Gasteiger charge is -2.35. The number of benzene rings is 1. The van der Waals surface area contributed by atoms with E-state index in [4.69, 9.17) is 5.11 Å². The minimum atomic E-state index is -0.446. The molecule has 1 atom stereocenters. The van der Waals surface area contributed by atoms with Crippen LogP contribution >= 0.6 is 0 Å². The maximum absolute atomic E-state index is 12.2. The number of nitro groups is 1. The molecule has 7 nitrogen and oxygen atoms in total. The van der Waals surface area contributed by atoms with Crippen molar-refractivity contribution in [3.05, 3.63) is 33.9 Å². The fourth-order valence-electron chi connectivity index (χ4n) is 3.24. The second-order valence-corrected chi connectivity index (χ2v) is 6.20. The molecule has 0 radical (unpaired) electrons. The molecule has 1 aromatic carbocycles. The normalized spacial score (nSPS) is 18.3. The number of carbonyl (C=O) groups is 1. The first-order valence-electron chi connectivity index (χ1n) is 8.41. The van der Waals surface area contributed by atoms with Crippen molar-refractivity contribution in [3.8, 4) is 0 Å². The Morgan fingerprint density at radius 1 is 1.46 bits per heavy atom. The Labute approximate surface area is 141 Å². The number of carbonyl (C=O) groups excluding carboxylic acids is 1. The summed E-state index contributed by atoms with van der Waals surface area (Å²) in [7, 11) is 0. The minimum absolute atomic E-state index is 0.00633. The summed E-state index contributed by atoms with van der Waals surface area (Å²) in [6.07, 6.45) is 4.43. The van der Waals surface area contributed by atoms with Crippen molar-refractivity contribution in [1.29, 1.82) is 0 Å². The smallest absolute Gasteiger partial charge is 0.274 e. The largest absolute Gasteiger partial charge is 0.396 e. The Hall–Kier alpha value is -1.99. The van der Waals surface area contributed by atoms with Crippen LogP contribution in [0.1, 0.15) is 37.7 Å². The highest BCUT2D eigenvalue weighted by atomic mass is 16.6. The van der Waals surface area contributed by atoms with E-state index in [0.29, 0.717) is 30.3 Å². The minimum Gasteiger partial charge on any atom is -0.396 e. The van der Waals surface area contributed by atoms with E-state index in [2.05, 4.69) is 10.2 Å². The van der Waals surface area contributed by atoms with Crippen LogP contribution in [0.2, 0.25) is 0 Å². The summed E-state index contributed by atoms with van der Waals surface area (Å²) in [6.45, 7) is 3.40. The standard InChI is InChI=1S/C17H25N3O4/c1-13-15(6-4-7-16(13)20(23)24)18-17(22)8-11-19-10-3-2-5-14(19)9-12-21/h4,6-7,14,21H,2-3,5,8-12H2,1H3,(H,18,22). The molecule has 1 aliphatic heterocycles. The summed E-state index contributed by atoms with van der Waals surface area (Å²) in [5, 5.41) is 22.9. The van der Waals surface area contributed by atoms with Gasteiger partial charge < -0.3 is 10.4 Å². The summed E-state index contributed by atoms with van der Waals surface area (Å²) >= 11 is 0. The predicted octanol–water partition coefficient (Wildman–Crippen LogP) is 2.47. The second kappa shape index (κ2) is 8.75. The first-order valence-corrected chi connectivity index (χ1v) is 8.41. The van der Waals surface area contributed by atoms with Crippen molar-refractivity contribution < 1.29 is 14.8 Å². The Kier molecular flexibility index (Phi) is 6.69. The van der Waals surface area contributed by atoms with Gasteiger partial charge in [0, 0.05) is 31.7 Å². The maximum Gasteiger partial charge on any atom is 0.274 e. The number of nitrogens with one attached hydrogen (secondary N) is 1. The van der Waals surface area contributed by atoms with E-state index < -0.39 is 4.92 Å². The zero-order valence-electron chi connectivity index (χ0n) is 14.0. The van der Waals surface area contributed by atoms with Gasteiger partial charge in [0.15, 0.2) is 0 Å². The van der Waals surface area contributed by atoms with Crippen LogP contribution in [0.3, 0.4) is 0 Å². The molecule has 2 N–H and O–H groups in total. The monoisotopic (exact) mass is 335 g/mol. The fraction of sp³-hybridized carbons (Fsp3) is 0.588. The molecule has 1 amide bonds. The number of aliphatic hydroxyl groups excluding tert-OH is 1. The Balaban J connectivity index is 1.91. The quantitative estimate of drug-likeness (QED) is 0.589. The number of rotatable bonds is 7. The lowest BCUT2D eigenvalue weighted by atomic mass is 9.99. The van der Waals surface area contributed by atoms with Crippen LogP contribution in [0.15, 0.2) is 18.2 Å². The van der Waals surface area contributed by atoms with Crippen molar-refractivity contribution >= 4 is 17.3 Å². The number of nitrogens with zero attached hydrogens (tertiary/aromatic N) is 2. The predicted molar refractivity (Wildman–Crippen MR) is 92.0 cm³/mol. The molecule has 0 saturated carbocycles. The van der Waals surface area contributed by atoms with Crippen molar-refractivity contribution in [2.24, 2.45) is 0 Å². The fourth-order valence-corrected chi connectivity index (χ4v) is 3.24. The molecule has 1 heterocycles. The lowest BCUT2D eigenvalue weighted by Crippen LogP contribution is -2.41. The molecule has 0 aromatic heterocycles. The molecule has 1 aliphatic rings. The highest BCUT2D eigenvalue weighted by molar-refractivity contribution is 5.92. The van der Waals surface area contributed by atoms with Crippen molar-refractivity contribution in [1.82, 2.24) is 4.90 Å². The van der Waals surface area contributed by atoms with E-state index in [9.17, 15) is 14.9 Å². The highest BCUT2D eigenvalue weighted by Gasteiger charge is 2.22. The van der Waals surface area contributed by atoms with Gasteiger partial charge in [-0.2, -0.15) is 0 Å². The van der Waals surface area contributed by atoms with Gasteiger partial charge in [0.05, 0.1) is 16.2 Å². The molecule has 7 heteroatoms. The molecule has 0 spiro atoms. The van der Waals surface area contributed by atoms with Crippen molar-refractivity contribution in [2.45, 2.75) is 45.1 Å². The third kappa shape index (κ3) is 4.75. The lowest BCUT2D eigenvalue weighted by molar-refractivity contribution is -0.385. The van der Waals surface area contributed by atoms with E-state index in [1.165, 1.54) is 12.5 Å². The summed E-state index contributed by atoms with van der Waals surface area (Å²) in [6, 6.07) is 5.02. The number of hydrogen-bond acceptors (Lipinski definition) is 5. The molecule has 24 heavy (non-hydrogen) atoms. The van der Waals surface area contributed by atoms with Gasteiger partial charge in [-0.3, -0.25) is 19.8 Å². The van der Waals surface area contributed by atoms with Gasteiger partial charge in [-0.05, 0) is 38.8 Å². The van der Waals surface area contributed by atoms with Crippen LogP contribution in [0.5, 0.6) is 0 Å². The van der Waals surface area contributed by atoms with Gasteiger partial charge in [-0.25, -0.2) is 0 Å². The second-order valence-electron chi connectivity index (χ2n) is 6.20. The van der Waals surface area contributed by atoms with Gasteiger partial charge >= 0.3 is 0 Å². The number of hydrogen-bond donors (Lipinski definition) is 2. The van der Waals surface area contributed by atoms with Crippen LogP contribution in [-0.2, 0) is 4.79 Å². The number of likely N-dealkylation sites (tertiary alicyclic amines) is 1. The molecule has 0 aliphatic carbocycles. The molecule has 1 fully saturated rings. The van der Waals surface area contributed by atoms with Gasteiger partial charge in [0.1, 0.15) is 0 Å². The first-order chi connectivity index (χ1) is 11.5. The van der Waals surface area contributed by atoms with E-state index in [-0.39, 0.29) is 18.2 Å². The SMILES string of the molecule is Cc1c(NC(=O)CCN2CCCCC2CCO)cccc1[N+](=O)[O-]. The molecular weight excluding hydrogens is 310 g/mol.